The Morgan fingerprint density at radius 2 is 2.36 bits per heavy atom. The van der Waals surface area contributed by atoms with Gasteiger partial charge in [0.25, 0.3) is 0 Å². The van der Waals surface area contributed by atoms with Gasteiger partial charge in [-0.05, 0) is 17.5 Å². The second-order valence-electron chi connectivity index (χ2n) is 2.82. The summed E-state index contributed by atoms with van der Waals surface area (Å²) < 4.78 is 15.3. The van der Waals surface area contributed by atoms with Crippen LogP contribution < -0.4 is 0 Å². The zero-order chi connectivity index (χ0) is 10.1. The molecule has 0 aliphatic rings. The number of halogens is 2. The molecule has 70 valence electrons. The number of hydrogen-bond donors (Lipinski definition) is 0. The molecular formula is C10H5BrFNS. The van der Waals surface area contributed by atoms with Crippen LogP contribution in [0.15, 0.2) is 22.0 Å². The predicted molar refractivity (Wildman–Crippen MR) is 58.8 cm³/mol. The summed E-state index contributed by atoms with van der Waals surface area (Å²) in [6.07, 6.45) is 0.0954. The highest BCUT2D eigenvalue weighted by molar-refractivity contribution is 9.10. The molecule has 0 radical (unpaired) electrons. The Bertz CT molecular complexity index is 527. The number of nitriles is 1. The molecule has 0 saturated heterocycles. The van der Waals surface area contributed by atoms with Crippen LogP contribution in [0.2, 0.25) is 0 Å². The highest BCUT2D eigenvalue weighted by atomic mass is 79.9. The van der Waals surface area contributed by atoms with Crippen LogP contribution in [0.5, 0.6) is 0 Å². The van der Waals surface area contributed by atoms with Gasteiger partial charge in [0.2, 0.25) is 0 Å². The third-order valence-corrected chi connectivity index (χ3v) is 3.57. The van der Waals surface area contributed by atoms with Crippen molar-refractivity contribution < 1.29 is 4.39 Å². The van der Waals surface area contributed by atoms with Gasteiger partial charge in [0.15, 0.2) is 0 Å². The molecular weight excluding hydrogens is 265 g/mol. The van der Waals surface area contributed by atoms with E-state index in [0.29, 0.717) is 15.4 Å². The zero-order valence-electron chi connectivity index (χ0n) is 7.05. The average molecular weight is 270 g/mol. The minimum atomic E-state index is -0.280. The molecule has 0 fully saturated rings. The average Bonchev–Trinajstić information content (AvgIpc) is 2.60. The van der Waals surface area contributed by atoms with Crippen molar-refractivity contribution in [3.63, 3.8) is 0 Å². The van der Waals surface area contributed by atoms with Gasteiger partial charge in [-0.1, -0.05) is 15.9 Å². The van der Waals surface area contributed by atoms with Gasteiger partial charge in [0.1, 0.15) is 5.82 Å². The summed E-state index contributed by atoms with van der Waals surface area (Å²) >= 11 is 4.76. The maximum Gasteiger partial charge on any atom is 0.137 e. The zero-order valence-corrected chi connectivity index (χ0v) is 9.45. The summed E-state index contributed by atoms with van der Waals surface area (Å²) in [6, 6.07) is 5.55. The number of benzene rings is 1. The normalized spacial score (nSPS) is 10.4. The molecule has 1 aromatic carbocycles. The quantitative estimate of drug-likeness (QED) is 0.771. The molecule has 0 atom stereocenters. The van der Waals surface area contributed by atoms with Crippen LogP contribution in [0.4, 0.5) is 4.39 Å². The maximum absolute atomic E-state index is 13.8. The molecule has 0 unspecified atom stereocenters. The van der Waals surface area contributed by atoms with Gasteiger partial charge >= 0.3 is 0 Å². The van der Waals surface area contributed by atoms with E-state index >= 15 is 0 Å². The molecule has 2 rings (SSSR count). The Hall–Kier alpha value is -0.920. The number of nitrogens with zero attached hydrogens (tertiary/aromatic N) is 1. The number of fused-ring (bicyclic) bond motifs is 1. The summed E-state index contributed by atoms with van der Waals surface area (Å²) in [4.78, 5) is 0. The first-order valence-electron chi connectivity index (χ1n) is 3.95. The van der Waals surface area contributed by atoms with Gasteiger partial charge in [0, 0.05) is 20.1 Å². The first-order chi connectivity index (χ1) is 6.74. The fourth-order valence-electron chi connectivity index (χ4n) is 1.32. The van der Waals surface area contributed by atoms with E-state index in [2.05, 4.69) is 15.9 Å². The van der Waals surface area contributed by atoms with Crippen molar-refractivity contribution in [2.75, 3.05) is 0 Å². The van der Waals surface area contributed by atoms with Crippen molar-refractivity contribution in [2.24, 2.45) is 0 Å². The lowest BCUT2D eigenvalue weighted by Crippen LogP contribution is -1.90. The van der Waals surface area contributed by atoms with Crippen molar-refractivity contribution in [1.29, 1.82) is 5.26 Å². The highest BCUT2D eigenvalue weighted by Crippen LogP contribution is 2.31. The molecule has 0 aliphatic carbocycles. The van der Waals surface area contributed by atoms with E-state index in [1.165, 1.54) is 11.3 Å². The molecule has 0 spiro atoms. The van der Waals surface area contributed by atoms with Crippen LogP contribution in [0.3, 0.4) is 0 Å². The Kier molecular flexibility index (Phi) is 2.53. The molecule has 0 N–H and O–H groups in total. The van der Waals surface area contributed by atoms with E-state index in [-0.39, 0.29) is 12.2 Å². The predicted octanol–water partition coefficient (Wildman–Crippen LogP) is 3.87. The Morgan fingerprint density at radius 1 is 1.57 bits per heavy atom. The van der Waals surface area contributed by atoms with Crippen LogP contribution in [-0.4, -0.2) is 0 Å². The van der Waals surface area contributed by atoms with Crippen LogP contribution >= 0.6 is 27.3 Å². The van der Waals surface area contributed by atoms with Crippen molar-refractivity contribution >= 4 is 37.4 Å². The van der Waals surface area contributed by atoms with Gasteiger partial charge in [-0.2, -0.15) is 5.26 Å². The molecule has 1 aromatic heterocycles. The topological polar surface area (TPSA) is 23.8 Å². The van der Waals surface area contributed by atoms with Crippen molar-refractivity contribution in [1.82, 2.24) is 0 Å². The monoisotopic (exact) mass is 269 g/mol. The molecule has 0 aliphatic heterocycles. The summed E-state index contributed by atoms with van der Waals surface area (Å²) in [5, 5.41) is 11.0. The van der Waals surface area contributed by atoms with Gasteiger partial charge in [-0.25, -0.2) is 4.39 Å². The van der Waals surface area contributed by atoms with E-state index in [0.717, 1.165) is 4.70 Å². The Labute approximate surface area is 92.9 Å². The van der Waals surface area contributed by atoms with E-state index in [1.54, 1.807) is 6.07 Å². The molecule has 0 amide bonds. The largest absolute Gasteiger partial charge is 0.206 e. The molecule has 0 bridgehead atoms. The smallest absolute Gasteiger partial charge is 0.137 e. The maximum atomic E-state index is 13.8. The van der Waals surface area contributed by atoms with Crippen LogP contribution in [0.1, 0.15) is 5.56 Å². The Morgan fingerprint density at radius 3 is 3.07 bits per heavy atom. The standard InChI is InChI=1S/C10H5BrFNS/c11-8-5-9-7(2-4-14-9)10(12)6(8)1-3-13/h2,4-5H,1H2. The van der Waals surface area contributed by atoms with Gasteiger partial charge in [-0.15, -0.1) is 11.3 Å². The van der Waals surface area contributed by atoms with Crippen molar-refractivity contribution in [2.45, 2.75) is 6.42 Å². The lowest BCUT2D eigenvalue weighted by Gasteiger charge is -2.02. The number of thiophene rings is 1. The van der Waals surface area contributed by atoms with Crippen molar-refractivity contribution in [3.05, 3.63) is 33.4 Å². The molecule has 1 nitrogen and oxygen atoms in total. The molecule has 2 aromatic rings. The van der Waals surface area contributed by atoms with E-state index < -0.39 is 0 Å². The highest BCUT2D eigenvalue weighted by Gasteiger charge is 2.12. The van der Waals surface area contributed by atoms with Crippen LogP contribution in [0, 0.1) is 17.1 Å². The fraction of sp³-hybridized carbons (Fsp3) is 0.100. The SMILES string of the molecule is N#CCc1c(Br)cc2sccc2c1F. The summed E-state index contributed by atoms with van der Waals surface area (Å²) in [6.45, 7) is 0. The van der Waals surface area contributed by atoms with Crippen LogP contribution in [-0.2, 0) is 6.42 Å². The summed E-state index contributed by atoms with van der Waals surface area (Å²) in [5.74, 6) is -0.280. The molecule has 4 heteroatoms. The minimum absolute atomic E-state index is 0.0954. The first-order valence-corrected chi connectivity index (χ1v) is 5.62. The first kappa shape index (κ1) is 9.63. The van der Waals surface area contributed by atoms with Crippen molar-refractivity contribution in [3.8, 4) is 6.07 Å². The number of rotatable bonds is 1. The second-order valence-corrected chi connectivity index (χ2v) is 4.62. The second kappa shape index (κ2) is 3.68. The van der Waals surface area contributed by atoms with Gasteiger partial charge in [-0.3, -0.25) is 0 Å². The summed E-state index contributed by atoms with van der Waals surface area (Å²) in [5.41, 5.74) is 0.443. The Balaban J connectivity index is 2.77. The lowest BCUT2D eigenvalue weighted by molar-refractivity contribution is 0.626. The van der Waals surface area contributed by atoms with E-state index in [1.807, 2.05) is 17.5 Å². The third-order valence-electron chi connectivity index (χ3n) is 2.00. The molecule has 1 heterocycles. The third kappa shape index (κ3) is 1.43. The van der Waals surface area contributed by atoms with E-state index in [4.69, 9.17) is 5.26 Å². The number of hydrogen-bond acceptors (Lipinski definition) is 2. The fourth-order valence-corrected chi connectivity index (χ4v) is 2.84. The summed E-state index contributed by atoms with van der Waals surface area (Å²) in [7, 11) is 0. The minimum Gasteiger partial charge on any atom is -0.206 e. The van der Waals surface area contributed by atoms with Gasteiger partial charge in [0.05, 0.1) is 12.5 Å². The molecule has 0 saturated carbocycles. The lowest BCUT2D eigenvalue weighted by atomic mass is 10.1. The van der Waals surface area contributed by atoms with E-state index in [9.17, 15) is 4.39 Å². The van der Waals surface area contributed by atoms with Crippen LogP contribution in [0.25, 0.3) is 10.1 Å². The molecule has 14 heavy (non-hydrogen) atoms. The van der Waals surface area contributed by atoms with Gasteiger partial charge < -0.3 is 0 Å².